The van der Waals surface area contributed by atoms with Gasteiger partial charge < -0.3 is 24.3 Å². The smallest absolute Gasteiger partial charge is 0.336 e. The number of hydrogen-bond acceptors (Lipinski definition) is 6. The molecule has 3 aromatic rings. The Morgan fingerprint density at radius 3 is 2.58 bits per heavy atom. The third-order valence-electron chi connectivity index (χ3n) is 5.63. The van der Waals surface area contributed by atoms with Crippen LogP contribution in [0.4, 0.5) is 11.4 Å². The molecule has 0 saturated carbocycles. The van der Waals surface area contributed by atoms with E-state index in [1.165, 1.54) is 11.8 Å². The summed E-state index contributed by atoms with van der Waals surface area (Å²) in [6.07, 6.45) is 0. The third-order valence-corrected chi connectivity index (χ3v) is 5.63. The molecule has 0 aliphatic carbocycles. The summed E-state index contributed by atoms with van der Waals surface area (Å²) in [4.78, 5) is 28.6. The average Bonchev–Trinajstić information content (AvgIpc) is 2.79. The van der Waals surface area contributed by atoms with Crippen molar-refractivity contribution in [3.8, 4) is 5.75 Å². The van der Waals surface area contributed by atoms with Gasteiger partial charge in [-0.2, -0.15) is 0 Å². The van der Waals surface area contributed by atoms with Gasteiger partial charge in [-0.1, -0.05) is 6.92 Å². The largest absolute Gasteiger partial charge is 0.484 e. The summed E-state index contributed by atoms with van der Waals surface area (Å²) in [6, 6.07) is 14.3. The molecule has 2 heterocycles. The van der Waals surface area contributed by atoms with Crippen molar-refractivity contribution in [2.45, 2.75) is 13.8 Å². The number of amides is 1. The quantitative estimate of drug-likeness (QED) is 0.616. The van der Waals surface area contributed by atoms with Crippen molar-refractivity contribution < 1.29 is 13.9 Å². The lowest BCUT2D eigenvalue weighted by atomic mass is 10.1. The predicted molar refractivity (Wildman–Crippen MR) is 122 cm³/mol. The molecular weight excluding hydrogens is 394 g/mol. The predicted octanol–water partition coefficient (Wildman–Crippen LogP) is 3.26. The monoisotopic (exact) mass is 421 g/mol. The highest BCUT2D eigenvalue weighted by Crippen LogP contribution is 2.24. The van der Waals surface area contributed by atoms with Gasteiger partial charge in [-0.25, -0.2) is 4.79 Å². The van der Waals surface area contributed by atoms with Gasteiger partial charge in [0.05, 0.1) is 0 Å². The number of nitrogens with one attached hydrogen (secondary N) is 1. The Balaban J connectivity index is 1.35. The van der Waals surface area contributed by atoms with Crippen LogP contribution in [0.15, 0.2) is 57.7 Å². The normalized spacial score (nSPS) is 14.6. The van der Waals surface area contributed by atoms with Gasteiger partial charge in [0.2, 0.25) is 0 Å². The fourth-order valence-electron chi connectivity index (χ4n) is 3.77. The fourth-order valence-corrected chi connectivity index (χ4v) is 3.77. The summed E-state index contributed by atoms with van der Waals surface area (Å²) in [5.74, 6) is 0.220. The van der Waals surface area contributed by atoms with E-state index in [1.807, 2.05) is 13.0 Å². The first-order valence-corrected chi connectivity index (χ1v) is 10.6. The van der Waals surface area contributed by atoms with E-state index in [4.69, 9.17) is 9.15 Å². The van der Waals surface area contributed by atoms with E-state index < -0.39 is 5.63 Å². The maximum absolute atomic E-state index is 12.4. The van der Waals surface area contributed by atoms with Crippen molar-refractivity contribution in [1.29, 1.82) is 0 Å². The number of aryl methyl sites for hydroxylation is 1. The highest BCUT2D eigenvalue weighted by Gasteiger charge is 2.16. The van der Waals surface area contributed by atoms with Crippen LogP contribution < -0.4 is 20.6 Å². The van der Waals surface area contributed by atoms with Crippen LogP contribution in [0.5, 0.6) is 5.75 Å². The zero-order valence-electron chi connectivity index (χ0n) is 17.9. The maximum atomic E-state index is 12.4. The first-order chi connectivity index (χ1) is 15.0. The zero-order valence-corrected chi connectivity index (χ0v) is 17.9. The van der Waals surface area contributed by atoms with Gasteiger partial charge in [0.25, 0.3) is 5.91 Å². The molecule has 1 fully saturated rings. The number of likely N-dealkylation sites (N-methyl/N-ethyl adjacent to an activating group) is 1. The van der Waals surface area contributed by atoms with E-state index >= 15 is 0 Å². The molecule has 0 bridgehead atoms. The molecule has 31 heavy (non-hydrogen) atoms. The van der Waals surface area contributed by atoms with Crippen LogP contribution in [0.3, 0.4) is 0 Å². The lowest BCUT2D eigenvalue weighted by molar-refractivity contribution is -0.118. The summed E-state index contributed by atoms with van der Waals surface area (Å²) >= 11 is 0. The SMILES string of the molecule is CCN1CCN(c2ccc(NC(=O)COc3ccc4ccc(=O)oc4c3)c(C)c2)CC1. The molecule has 0 atom stereocenters. The van der Waals surface area contributed by atoms with Crippen molar-refractivity contribution in [2.24, 2.45) is 0 Å². The van der Waals surface area contributed by atoms with Crippen LogP contribution in [0, 0.1) is 6.92 Å². The van der Waals surface area contributed by atoms with Crippen LogP contribution in [-0.2, 0) is 4.79 Å². The molecule has 1 aromatic heterocycles. The van der Waals surface area contributed by atoms with Crippen molar-refractivity contribution in [2.75, 3.05) is 49.5 Å². The third kappa shape index (κ3) is 5.06. The number of carbonyl (C=O) groups excluding carboxylic acids is 1. The standard InChI is InChI=1S/C24H27N3O4/c1-3-26-10-12-27(13-11-26)19-6-8-21(17(2)14-19)25-23(28)16-30-20-7-4-18-5-9-24(29)31-22(18)15-20/h4-9,14-15H,3,10-13,16H2,1-2H3,(H,25,28). The molecule has 1 aliphatic rings. The number of ether oxygens (including phenoxy) is 1. The van der Waals surface area contributed by atoms with E-state index in [0.29, 0.717) is 11.3 Å². The van der Waals surface area contributed by atoms with E-state index in [2.05, 4.69) is 34.2 Å². The molecule has 1 N–H and O–H groups in total. The number of benzene rings is 2. The lowest BCUT2D eigenvalue weighted by Gasteiger charge is -2.35. The Morgan fingerprint density at radius 1 is 1.06 bits per heavy atom. The molecule has 0 radical (unpaired) electrons. The summed E-state index contributed by atoms with van der Waals surface area (Å²) in [5, 5.41) is 3.70. The summed E-state index contributed by atoms with van der Waals surface area (Å²) in [6.45, 7) is 9.31. The first-order valence-electron chi connectivity index (χ1n) is 10.6. The number of fused-ring (bicyclic) bond motifs is 1. The van der Waals surface area contributed by atoms with E-state index in [-0.39, 0.29) is 12.5 Å². The number of anilines is 2. The number of nitrogens with zero attached hydrogens (tertiary/aromatic N) is 2. The number of piperazine rings is 1. The second-order valence-electron chi connectivity index (χ2n) is 7.71. The van der Waals surface area contributed by atoms with Crippen LogP contribution >= 0.6 is 0 Å². The van der Waals surface area contributed by atoms with Crippen molar-refractivity contribution >= 4 is 28.3 Å². The van der Waals surface area contributed by atoms with Gasteiger partial charge in [-0.05, 0) is 55.4 Å². The zero-order chi connectivity index (χ0) is 21.8. The second-order valence-corrected chi connectivity index (χ2v) is 7.71. The van der Waals surface area contributed by atoms with Gasteiger partial charge in [0.15, 0.2) is 6.61 Å². The minimum Gasteiger partial charge on any atom is -0.484 e. The number of hydrogen-bond donors (Lipinski definition) is 1. The molecule has 4 rings (SSSR count). The van der Waals surface area contributed by atoms with E-state index in [1.54, 1.807) is 24.3 Å². The van der Waals surface area contributed by atoms with Gasteiger partial charge in [0.1, 0.15) is 11.3 Å². The molecule has 1 saturated heterocycles. The van der Waals surface area contributed by atoms with Gasteiger partial charge >= 0.3 is 5.63 Å². The average molecular weight is 421 g/mol. The number of rotatable bonds is 6. The van der Waals surface area contributed by atoms with Crippen LogP contribution in [0.1, 0.15) is 12.5 Å². The molecule has 1 aliphatic heterocycles. The Labute approximate surface area is 181 Å². The Bertz CT molecular complexity index is 1130. The molecular formula is C24H27N3O4. The van der Waals surface area contributed by atoms with Crippen molar-refractivity contribution in [3.63, 3.8) is 0 Å². The van der Waals surface area contributed by atoms with Crippen molar-refractivity contribution in [1.82, 2.24) is 4.90 Å². The molecule has 7 heteroatoms. The van der Waals surface area contributed by atoms with Gasteiger partial charge in [-0.15, -0.1) is 0 Å². The highest BCUT2D eigenvalue weighted by molar-refractivity contribution is 5.93. The molecule has 7 nitrogen and oxygen atoms in total. The lowest BCUT2D eigenvalue weighted by Crippen LogP contribution is -2.46. The van der Waals surface area contributed by atoms with Crippen LogP contribution in [0.25, 0.3) is 11.0 Å². The molecule has 0 spiro atoms. The van der Waals surface area contributed by atoms with Crippen LogP contribution in [-0.4, -0.2) is 50.1 Å². The number of carbonyl (C=O) groups is 1. The molecule has 1 amide bonds. The minimum atomic E-state index is -0.423. The first kappa shape index (κ1) is 20.9. The van der Waals surface area contributed by atoms with E-state index in [9.17, 15) is 9.59 Å². The van der Waals surface area contributed by atoms with Crippen LogP contribution in [0.2, 0.25) is 0 Å². The highest BCUT2D eigenvalue weighted by atomic mass is 16.5. The fraction of sp³-hybridized carbons (Fsp3) is 0.333. The molecule has 0 unspecified atom stereocenters. The molecule has 2 aromatic carbocycles. The Kier molecular flexibility index (Phi) is 6.23. The minimum absolute atomic E-state index is 0.136. The summed E-state index contributed by atoms with van der Waals surface area (Å²) in [7, 11) is 0. The maximum Gasteiger partial charge on any atom is 0.336 e. The Hall–Kier alpha value is -3.32. The summed E-state index contributed by atoms with van der Waals surface area (Å²) in [5.41, 5.74) is 2.97. The van der Waals surface area contributed by atoms with Crippen molar-refractivity contribution in [3.05, 3.63) is 64.5 Å². The Morgan fingerprint density at radius 2 is 1.84 bits per heavy atom. The topological polar surface area (TPSA) is 75.0 Å². The van der Waals surface area contributed by atoms with Gasteiger partial charge in [0, 0.05) is 55.1 Å². The molecule has 162 valence electrons. The van der Waals surface area contributed by atoms with E-state index in [0.717, 1.165) is 49.4 Å². The van der Waals surface area contributed by atoms with Gasteiger partial charge in [-0.3, -0.25) is 4.79 Å². The summed E-state index contributed by atoms with van der Waals surface area (Å²) < 4.78 is 10.7. The second kappa shape index (κ2) is 9.22.